The standard InChI is InChI=1S/C33H28Cl2F5N5O5/c1-19(46)45(42-15-22-7-4-10-27(38)32(22)35)24(17-49-18-25-12-28(43-50-25)20-5-2-8-23(36)11-20)16-44(30(47)13-29(39)40)33(48)41-14-21-6-3-9-26(37)31(21)34/h2-12,24,29,42H,13-17H2,1H3,(H,41,48)/t24-/m0/s1. The minimum Gasteiger partial charge on any atom is -0.357 e. The van der Waals surface area contributed by atoms with Gasteiger partial charge in [0.25, 0.3) is 0 Å². The van der Waals surface area contributed by atoms with Gasteiger partial charge < -0.3 is 14.6 Å². The molecule has 0 saturated carbocycles. The topological polar surface area (TPSA) is 117 Å². The van der Waals surface area contributed by atoms with Crippen LogP contribution >= 0.6 is 23.2 Å². The van der Waals surface area contributed by atoms with Crippen molar-refractivity contribution < 1.29 is 45.6 Å². The number of rotatable bonds is 15. The molecule has 17 heteroatoms. The summed E-state index contributed by atoms with van der Waals surface area (Å²) in [5.41, 5.74) is 3.75. The van der Waals surface area contributed by atoms with Crippen molar-refractivity contribution in [1.29, 1.82) is 0 Å². The molecule has 2 N–H and O–H groups in total. The van der Waals surface area contributed by atoms with Crippen LogP contribution in [0.4, 0.5) is 26.7 Å². The molecule has 264 valence electrons. The van der Waals surface area contributed by atoms with Crippen molar-refractivity contribution in [1.82, 2.24) is 25.8 Å². The Labute approximate surface area is 293 Å². The summed E-state index contributed by atoms with van der Waals surface area (Å²) in [6.07, 6.45) is -4.49. The van der Waals surface area contributed by atoms with Gasteiger partial charge in [0.1, 0.15) is 23.1 Å². The maximum atomic E-state index is 14.1. The number of hydrogen-bond donors (Lipinski definition) is 2. The number of hydrazine groups is 1. The molecule has 1 heterocycles. The first-order chi connectivity index (χ1) is 23.8. The normalized spacial score (nSPS) is 11.8. The van der Waals surface area contributed by atoms with Crippen LogP contribution in [0.25, 0.3) is 11.3 Å². The molecule has 50 heavy (non-hydrogen) atoms. The third kappa shape index (κ3) is 10.5. The molecule has 2 radical (unpaired) electrons. The molecule has 4 aromatic rings. The molecule has 1 aromatic heterocycles. The number of benzene rings is 3. The highest BCUT2D eigenvalue weighted by molar-refractivity contribution is 6.31. The van der Waals surface area contributed by atoms with Crippen LogP contribution in [0.15, 0.2) is 71.3 Å². The quantitative estimate of drug-likeness (QED) is 0.102. The molecular weight excluding hydrogens is 712 g/mol. The third-order valence-corrected chi connectivity index (χ3v) is 7.83. The van der Waals surface area contributed by atoms with E-state index in [9.17, 15) is 36.3 Å². The van der Waals surface area contributed by atoms with Gasteiger partial charge >= 0.3 is 6.03 Å². The van der Waals surface area contributed by atoms with Crippen molar-refractivity contribution in [2.75, 3.05) is 13.2 Å². The molecule has 0 fully saturated rings. The first-order valence-corrected chi connectivity index (χ1v) is 15.5. The lowest BCUT2D eigenvalue weighted by Crippen LogP contribution is -2.57. The highest BCUT2D eigenvalue weighted by Crippen LogP contribution is 2.23. The number of alkyl halides is 2. The zero-order valence-corrected chi connectivity index (χ0v) is 27.6. The second kappa shape index (κ2) is 17.9. The predicted molar refractivity (Wildman–Crippen MR) is 171 cm³/mol. The van der Waals surface area contributed by atoms with Gasteiger partial charge in [-0.3, -0.25) is 19.5 Å². The summed E-state index contributed by atoms with van der Waals surface area (Å²) >= 11 is 12.0. The molecular formula is C33H28Cl2F5N5O5. The van der Waals surface area contributed by atoms with Gasteiger partial charge in [-0.1, -0.05) is 64.8 Å². The largest absolute Gasteiger partial charge is 0.357 e. The van der Waals surface area contributed by atoms with Crippen molar-refractivity contribution >= 4 is 41.0 Å². The number of nitrogens with zero attached hydrogens (tertiary/aromatic N) is 3. The van der Waals surface area contributed by atoms with E-state index in [1.165, 1.54) is 48.5 Å². The van der Waals surface area contributed by atoms with E-state index in [4.69, 9.17) is 32.5 Å². The van der Waals surface area contributed by atoms with Crippen LogP contribution in [0, 0.1) is 24.1 Å². The molecule has 0 aliphatic rings. The maximum absolute atomic E-state index is 14.1. The van der Waals surface area contributed by atoms with Crippen LogP contribution in [0.3, 0.4) is 0 Å². The highest BCUT2D eigenvalue weighted by Gasteiger charge is 2.32. The van der Waals surface area contributed by atoms with Gasteiger partial charge in [-0.25, -0.2) is 32.2 Å². The molecule has 1 atom stereocenters. The minimum absolute atomic E-state index is 0.0627. The van der Waals surface area contributed by atoms with Crippen LogP contribution in [0.5, 0.6) is 0 Å². The first kappa shape index (κ1) is 38.2. The van der Waals surface area contributed by atoms with Crippen LogP contribution in [0.1, 0.15) is 30.2 Å². The fraction of sp³-hybridized carbons (Fsp3) is 0.242. The number of amides is 4. The number of carbonyl (C=O) groups is 3. The number of halogens is 7. The summed E-state index contributed by atoms with van der Waals surface area (Å²) in [7, 11) is 0. The molecule has 10 nitrogen and oxygen atoms in total. The van der Waals surface area contributed by atoms with Gasteiger partial charge in [0, 0.05) is 31.6 Å². The number of ether oxygens (including phenoxy) is 1. The van der Waals surface area contributed by atoms with Crippen molar-refractivity contribution in [2.45, 2.75) is 38.9 Å². The Morgan fingerprint density at radius 2 is 1.58 bits per heavy atom. The molecule has 0 bridgehead atoms. The van der Waals surface area contributed by atoms with Crippen LogP contribution < -0.4 is 10.7 Å². The summed E-state index contributed by atoms with van der Waals surface area (Å²) in [5, 5.41) is 6.59. The summed E-state index contributed by atoms with van der Waals surface area (Å²) in [5.74, 6) is -4.07. The van der Waals surface area contributed by atoms with Gasteiger partial charge in [0.15, 0.2) is 5.76 Å². The molecule has 0 saturated heterocycles. The Bertz CT molecular complexity index is 1810. The molecule has 0 aliphatic carbocycles. The number of hydrogen-bond acceptors (Lipinski definition) is 7. The fourth-order valence-corrected chi connectivity index (χ4v) is 4.97. The van der Waals surface area contributed by atoms with Gasteiger partial charge in [0.05, 0.1) is 35.7 Å². The average molecular weight is 741 g/mol. The summed E-state index contributed by atoms with van der Waals surface area (Å²) in [6, 6.07) is 12.2. The average Bonchev–Trinajstić information content (AvgIpc) is 3.54. The van der Waals surface area contributed by atoms with Gasteiger partial charge in [-0.15, -0.1) is 0 Å². The van der Waals surface area contributed by atoms with Crippen LogP contribution in [0.2, 0.25) is 10.0 Å². The van der Waals surface area contributed by atoms with Crippen molar-refractivity contribution in [3.63, 3.8) is 0 Å². The summed E-state index contributed by atoms with van der Waals surface area (Å²) < 4.78 is 79.1. The second-order valence-corrected chi connectivity index (χ2v) is 11.3. The van der Waals surface area contributed by atoms with Crippen molar-refractivity contribution in [3.05, 3.63) is 118 Å². The highest BCUT2D eigenvalue weighted by atomic mass is 35.5. The summed E-state index contributed by atoms with van der Waals surface area (Å²) in [4.78, 5) is 39.6. The number of aromatic nitrogens is 1. The maximum Gasteiger partial charge on any atom is 0.324 e. The third-order valence-electron chi connectivity index (χ3n) is 6.98. The Hall–Kier alpha value is -4.57. The number of imide groups is 1. The number of nitrogens with one attached hydrogen (secondary N) is 2. The van der Waals surface area contributed by atoms with Gasteiger partial charge in [-0.2, -0.15) is 0 Å². The van der Waals surface area contributed by atoms with Crippen LogP contribution in [-0.2, 0) is 27.4 Å². The minimum atomic E-state index is -3.14. The van der Waals surface area contributed by atoms with E-state index in [1.807, 2.05) is 0 Å². The smallest absolute Gasteiger partial charge is 0.324 e. The molecule has 0 aliphatic heterocycles. The lowest BCUT2D eigenvalue weighted by Gasteiger charge is -2.34. The van der Waals surface area contributed by atoms with Crippen molar-refractivity contribution in [3.8, 4) is 11.3 Å². The number of urea groups is 1. The van der Waals surface area contributed by atoms with Gasteiger partial charge in [-0.05, 0) is 35.4 Å². The van der Waals surface area contributed by atoms with E-state index in [0.29, 0.717) is 10.5 Å². The van der Waals surface area contributed by atoms with E-state index >= 15 is 0 Å². The fourth-order valence-electron chi connectivity index (χ4n) is 4.58. The molecule has 0 unspecified atom stereocenters. The Kier molecular flexibility index (Phi) is 13.7. The zero-order valence-electron chi connectivity index (χ0n) is 26.1. The zero-order chi connectivity index (χ0) is 36.4. The van der Waals surface area contributed by atoms with E-state index in [1.54, 1.807) is 6.07 Å². The SMILES string of the molecule is CC(=O)N(NCc1cccc(F)c1Cl)[C@H](CO[C]c1cc(-c2cccc(F)c2)no1)CN(C(=O)CC(F)F)C(=O)NCc1cccc(F)c1Cl. The molecule has 4 rings (SSSR count). The van der Waals surface area contributed by atoms with E-state index in [-0.39, 0.29) is 45.7 Å². The molecule has 4 amide bonds. The van der Waals surface area contributed by atoms with Crippen LogP contribution in [-0.4, -0.2) is 58.5 Å². The second-order valence-electron chi connectivity index (χ2n) is 10.6. The summed E-state index contributed by atoms with van der Waals surface area (Å²) in [6.45, 7) is 1.72. The monoisotopic (exact) mass is 739 g/mol. The Morgan fingerprint density at radius 3 is 2.20 bits per heavy atom. The number of carbonyl (C=O) groups excluding carboxylic acids is 3. The van der Waals surface area contributed by atoms with E-state index < -0.39 is 67.3 Å². The van der Waals surface area contributed by atoms with Crippen molar-refractivity contribution in [2.24, 2.45) is 0 Å². The lowest BCUT2D eigenvalue weighted by atomic mass is 10.1. The molecule has 3 aromatic carbocycles. The Morgan fingerprint density at radius 1 is 0.940 bits per heavy atom. The van der Waals surface area contributed by atoms with E-state index in [0.717, 1.165) is 24.1 Å². The lowest BCUT2D eigenvalue weighted by molar-refractivity contribution is -0.140. The first-order valence-electron chi connectivity index (χ1n) is 14.7. The predicted octanol–water partition coefficient (Wildman–Crippen LogP) is 6.78. The Balaban J connectivity index is 1.58. The molecule has 0 spiro atoms. The van der Waals surface area contributed by atoms with Gasteiger partial charge in [0.2, 0.25) is 24.8 Å². The van der Waals surface area contributed by atoms with E-state index in [2.05, 4.69) is 22.5 Å².